The summed E-state index contributed by atoms with van der Waals surface area (Å²) >= 11 is 0. The van der Waals surface area contributed by atoms with E-state index in [1.54, 1.807) is 72.0 Å². The largest absolute Gasteiger partial charge is 0.366 e. The van der Waals surface area contributed by atoms with Gasteiger partial charge in [0.25, 0.3) is 0 Å². The molecule has 2 aromatic carbocycles. The summed E-state index contributed by atoms with van der Waals surface area (Å²) in [5.74, 6) is 0.174. The van der Waals surface area contributed by atoms with E-state index in [9.17, 15) is 25.6 Å². The van der Waals surface area contributed by atoms with Gasteiger partial charge in [-0.15, -0.1) is 20.4 Å². The van der Waals surface area contributed by atoms with Gasteiger partial charge >= 0.3 is 0 Å². The molecular formula is C49H63F2N10O6PS2. The van der Waals surface area contributed by atoms with Gasteiger partial charge in [0, 0.05) is 48.8 Å². The van der Waals surface area contributed by atoms with E-state index in [1.165, 1.54) is 12.1 Å². The zero-order valence-electron chi connectivity index (χ0n) is 40.0. The Balaban J connectivity index is 0.000000254. The van der Waals surface area contributed by atoms with Crippen molar-refractivity contribution in [2.45, 2.75) is 135 Å². The van der Waals surface area contributed by atoms with E-state index in [-0.39, 0.29) is 52.6 Å². The number of allylic oxidation sites excluding steroid dienone is 2. The van der Waals surface area contributed by atoms with Crippen LogP contribution in [0.2, 0.25) is 0 Å². The molecule has 6 heterocycles. The van der Waals surface area contributed by atoms with Crippen LogP contribution in [-0.2, 0) is 53.5 Å². The normalized spacial score (nSPS) is 15.8. The second kappa shape index (κ2) is 23.6. The van der Waals surface area contributed by atoms with Crippen LogP contribution in [0.15, 0.2) is 73.3 Å². The lowest BCUT2D eigenvalue weighted by Gasteiger charge is -2.25. The van der Waals surface area contributed by atoms with Crippen molar-refractivity contribution in [2.24, 2.45) is 0 Å². The number of nitrogens with zero attached hydrogens (tertiary/aromatic N) is 10. The molecule has 0 amide bonds. The molecule has 2 aliphatic heterocycles. The monoisotopic (exact) mass is 1020 g/mol. The Morgan fingerprint density at radius 2 is 0.943 bits per heavy atom. The van der Waals surface area contributed by atoms with E-state index in [0.717, 1.165) is 11.1 Å². The number of fused-ring (bicyclic) bond motifs is 6. The van der Waals surface area contributed by atoms with Gasteiger partial charge in [0.1, 0.15) is 47.0 Å². The fraction of sp³-hybridized carbons (Fsp3) is 0.429. The van der Waals surface area contributed by atoms with Crippen LogP contribution >= 0.6 is 9.90 Å². The van der Waals surface area contributed by atoms with Crippen LogP contribution < -0.4 is 0 Å². The fourth-order valence-corrected chi connectivity index (χ4v) is 10.6. The van der Waals surface area contributed by atoms with Crippen LogP contribution in [0, 0.1) is 25.5 Å². The molecule has 21 heteroatoms. The molecule has 16 nitrogen and oxygen atoms in total. The van der Waals surface area contributed by atoms with E-state index < -0.39 is 65.5 Å². The topological polar surface area (TPSA) is 200 Å². The molecule has 0 saturated carbocycles. The van der Waals surface area contributed by atoms with Crippen LogP contribution in [0.1, 0.15) is 131 Å². The number of halogens is 2. The minimum absolute atomic E-state index is 0. The summed E-state index contributed by atoms with van der Waals surface area (Å²) in [5, 5.41) is 14.8. The quantitative estimate of drug-likeness (QED) is 0.0940. The number of sulfone groups is 2. The molecule has 0 saturated heterocycles. The highest BCUT2D eigenvalue weighted by Gasteiger charge is 2.38. The Kier molecular flexibility index (Phi) is 18.7. The third-order valence-electron chi connectivity index (χ3n) is 11.3. The SMILES string of the molecule is C.Cc1cnc([C@H](OC(C)C)[C@H](C)S(=O)(=O)Cc2nnc3n2-c2c(F)cccc2/C=C\CC3)nc1.Cc1cnc([C@H](OC(C)C)[C@H](C)S(=O)(=O)Cc2nnc3n2-c2c(F)cccc2/C=C\CC3)nc1.P. The number of hydrogen-bond donors (Lipinski definition) is 0. The first-order chi connectivity index (χ1) is 32.3. The summed E-state index contributed by atoms with van der Waals surface area (Å²) in [6.45, 7) is 14.2. The molecule has 0 fully saturated rings. The van der Waals surface area contributed by atoms with E-state index in [4.69, 9.17) is 9.47 Å². The smallest absolute Gasteiger partial charge is 0.163 e. The predicted molar refractivity (Wildman–Crippen MR) is 271 cm³/mol. The van der Waals surface area contributed by atoms with Crippen molar-refractivity contribution in [3.8, 4) is 11.4 Å². The van der Waals surface area contributed by atoms with Crippen LogP contribution in [0.25, 0.3) is 23.5 Å². The maximum absolute atomic E-state index is 14.9. The molecule has 2 aliphatic rings. The first-order valence-electron chi connectivity index (χ1n) is 22.4. The number of aryl methyl sites for hydroxylation is 4. The Hall–Kier alpha value is -5.53. The fourth-order valence-electron chi connectivity index (χ4n) is 7.83. The van der Waals surface area contributed by atoms with Gasteiger partial charge in [0.2, 0.25) is 0 Å². The summed E-state index contributed by atoms with van der Waals surface area (Å²) in [6.07, 6.45) is 14.3. The molecule has 5 atom stereocenters. The number of rotatable bonds is 14. The van der Waals surface area contributed by atoms with Gasteiger partial charge in [-0.25, -0.2) is 45.6 Å². The van der Waals surface area contributed by atoms with Crippen LogP contribution in [0.4, 0.5) is 8.78 Å². The van der Waals surface area contributed by atoms with Crippen LogP contribution in [-0.4, -0.2) is 89.0 Å². The highest BCUT2D eigenvalue weighted by molar-refractivity contribution is 7.91. The van der Waals surface area contributed by atoms with Gasteiger partial charge in [-0.1, -0.05) is 56.0 Å². The molecule has 0 bridgehead atoms. The lowest BCUT2D eigenvalue weighted by atomic mass is 10.1. The molecule has 70 heavy (non-hydrogen) atoms. The molecule has 6 aromatic rings. The lowest BCUT2D eigenvalue weighted by molar-refractivity contribution is 0.00120. The molecular weight excluding hydrogens is 958 g/mol. The zero-order valence-corrected chi connectivity index (χ0v) is 43.0. The van der Waals surface area contributed by atoms with Crippen molar-refractivity contribution >= 4 is 41.7 Å². The van der Waals surface area contributed by atoms with Crippen LogP contribution in [0.5, 0.6) is 0 Å². The van der Waals surface area contributed by atoms with Gasteiger partial charge in [-0.05, 0) is 91.5 Å². The van der Waals surface area contributed by atoms with E-state index in [2.05, 4.69) is 40.3 Å². The predicted octanol–water partition coefficient (Wildman–Crippen LogP) is 8.56. The third kappa shape index (κ3) is 12.7. The average molecular weight is 1020 g/mol. The molecule has 0 aliphatic carbocycles. The van der Waals surface area contributed by atoms with Gasteiger partial charge in [0.05, 0.1) is 34.1 Å². The molecule has 0 spiro atoms. The number of para-hydroxylation sites is 2. The highest BCUT2D eigenvalue weighted by atomic mass is 32.2. The van der Waals surface area contributed by atoms with Gasteiger partial charge in [-0.2, -0.15) is 9.90 Å². The summed E-state index contributed by atoms with van der Waals surface area (Å²) in [7, 11) is -7.65. The first kappa shape index (κ1) is 55.4. The van der Waals surface area contributed by atoms with E-state index >= 15 is 0 Å². The number of hydrogen-bond acceptors (Lipinski definition) is 14. The highest BCUT2D eigenvalue weighted by Crippen LogP contribution is 2.32. The Bertz CT molecular complexity index is 2820. The van der Waals surface area contributed by atoms with Crippen molar-refractivity contribution in [1.29, 1.82) is 0 Å². The second-order valence-corrected chi connectivity index (χ2v) is 22.2. The summed E-state index contributed by atoms with van der Waals surface area (Å²) in [4.78, 5) is 17.2. The van der Waals surface area contributed by atoms with Crippen LogP contribution in [0.3, 0.4) is 0 Å². The molecule has 376 valence electrons. The maximum Gasteiger partial charge on any atom is 0.163 e. The van der Waals surface area contributed by atoms with E-state index in [0.29, 0.717) is 60.1 Å². The molecule has 4 aromatic heterocycles. The molecule has 0 N–H and O–H groups in total. The van der Waals surface area contributed by atoms with Crippen molar-refractivity contribution < 1.29 is 35.1 Å². The molecule has 1 unspecified atom stereocenters. The summed E-state index contributed by atoms with van der Waals surface area (Å²) < 4.78 is 99.2. The number of aromatic nitrogens is 10. The van der Waals surface area contributed by atoms with Crippen molar-refractivity contribution in [3.63, 3.8) is 0 Å². The molecule has 0 radical (unpaired) electrons. The maximum atomic E-state index is 14.9. The van der Waals surface area contributed by atoms with Crippen molar-refractivity contribution in [3.05, 3.63) is 142 Å². The van der Waals surface area contributed by atoms with Crippen molar-refractivity contribution in [2.75, 3.05) is 0 Å². The number of ether oxygens (including phenoxy) is 2. The minimum Gasteiger partial charge on any atom is -0.366 e. The van der Waals surface area contributed by atoms with Gasteiger partial charge in [-0.3, -0.25) is 9.13 Å². The van der Waals surface area contributed by atoms with E-state index in [1.807, 2.05) is 65.8 Å². The second-order valence-electron chi connectivity index (χ2n) is 17.4. The van der Waals surface area contributed by atoms with Crippen molar-refractivity contribution in [1.82, 2.24) is 49.5 Å². The first-order valence-corrected chi connectivity index (χ1v) is 25.9. The lowest BCUT2D eigenvalue weighted by Crippen LogP contribution is -2.32. The van der Waals surface area contributed by atoms with Gasteiger partial charge < -0.3 is 9.47 Å². The average Bonchev–Trinajstić information content (AvgIpc) is 3.84. The Morgan fingerprint density at radius 3 is 1.29 bits per heavy atom. The summed E-state index contributed by atoms with van der Waals surface area (Å²) in [6, 6.07) is 9.51. The molecule has 8 rings (SSSR count). The summed E-state index contributed by atoms with van der Waals surface area (Å²) in [5.41, 5.74) is 3.52. The Labute approximate surface area is 413 Å². The Morgan fingerprint density at radius 1 is 0.586 bits per heavy atom. The third-order valence-corrected chi connectivity index (χ3v) is 15.4. The zero-order chi connectivity index (χ0) is 48.9. The van der Waals surface area contributed by atoms with Gasteiger partial charge in [0.15, 0.2) is 43.0 Å². The minimum atomic E-state index is -3.83. The standard InChI is InChI=1S/2C24H28FN5O3S.CH4.H3P/c2*1-15(2)33-23(24-26-12-16(3)13-27-24)17(4)34(31,32)14-21-29-28-20-11-6-5-8-18-9-7-10-19(25)22(18)30(20)21;;/h2*5,7-10,12-13,15,17,23H,6,11,14H2,1-4H3;1H4;1H3/b2*8-5-;;/t2*17-,23+;;/m00../s1. The number of benzene rings is 2.